The molecule has 0 radical (unpaired) electrons. The van der Waals surface area contributed by atoms with E-state index in [-0.39, 0.29) is 5.82 Å². The topological polar surface area (TPSA) is 0 Å². The second-order valence-corrected chi connectivity index (χ2v) is 7.98. The van der Waals surface area contributed by atoms with Crippen LogP contribution in [0.3, 0.4) is 0 Å². The monoisotopic (exact) mass is 394 g/mol. The standard InChI is InChI=1S/C29H27F/c1-2-3-4-5-6-7-23-12-18-28-25(20-23)14-15-26-21-24(13-19-29(26)28)9-8-22-10-16-27(30)17-11-22/h10-21H,2-7H2,1H3. The highest BCUT2D eigenvalue weighted by Gasteiger charge is 2.03. The summed E-state index contributed by atoms with van der Waals surface area (Å²) >= 11 is 0. The van der Waals surface area contributed by atoms with E-state index < -0.39 is 0 Å². The third-order valence-corrected chi connectivity index (χ3v) is 5.66. The van der Waals surface area contributed by atoms with Crippen molar-refractivity contribution in [2.75, 3.05) is 0 Å². The minimum absolute atomic E-state index is 0.238. The van der Waals surface area contributed by atoms with Crippen molar-refractivity contribution >= 4 is 21.5 Å². The van der Waals surface area contributed by atoms with Crippen molar-refractivity contribution in [1.82, 2.24) is 0 Å². The summed E-state index contributed by atoms with van der Waals surface area (Å²) in [5.74, 6) is 6.07. The van der Waals surface area contributed by atoms with Crippen LogP contribution in [-0.4, -0.2) is 0 Å². The first-order valence-corrected chi connectivity index (χ1v) is 11.0. The van der Waals surface area contributed by atoms with Gasteiger partial charge in [0.25, 0.3) is 0 Å². The molecule has 30 heavy (non-hydrogen) atoms. The Balaban J connectivity index is 1.54. The van der Waals surface area contributed by atoms with Crippen LogP contribution in [0.4, 0.5) is 4.39 Å². The van der Waals surface area contributed by atoms with Gasteiger partial charge in [0.15, 0.2) is 0 Å². The number of halogens is 1. The Hall–Kier alpha value is -3.11. The summed E-state index contributed by atoms with van der Waals surface area (Å²) in [5, 5.41) is 5.05. The number of unbranched alkanes of at least 4 members (excludes halogenated alkanes) is 4. The summed E-state index contributed by atoms with van der Waals surface area (Å²) in [6.07, 6.45) is 7.75. The molecule has 0 saturated carbocycles. The maximum absolute atomic E-state index is 13.0. The van der Waals surface area contributed by atoms with Gasteiger partial charge in [0.1, 0.15) is 5.82 Å². The molecule has 0 bridgehead atoms. The fourth-order valence-corrected chi connectivity index (χ4v) is 3.96. The predicted molar refractivity (Wildman–Crippen MR) is 126 cm³/mol. The number of fused-ring (bicyclic) bond motifs is 3. The molecular weight excluding hydrogens is 367 g/mol. The van der Waals surface area contributed by atoms with Crippen molar-refractivity contribution in [2.24, 2.45) is 0 Å². The smallest absolute Gasteiger partial charge is 0.123 e. The molecule has 0 atom stereocenters. The van der Waals surface area contributed by atoms with Crippen LogP contribution in [0, 0.1) is 17.7 Å². The molecule has 0 spiro atoms. The average molecular weight is 395 g/mol. The van der Waals surface area contributed by atoms with Crippen molar-refractivity contribution in [3.05, 3.63) is 95.3 Å². The van der Waals surface area contributed by atoms with Crippen molar-refractivity contribution in [2.45, 2.75) is 45.4 Å². The molecule has 0 amide bonds. The Kier molecular flexibility index (Phi) is 6.45. The second kappa shape index (κ2) is 9.59. The summed E-state index contributed by atoms with van der Waals surface area (Å²) in [5.41, 5.74) is 3.22. The van der Waals surface area contributed by atoms with Gasteiger partial charge >= 0.3 is 0 Å². The van der Waals surface area contributed by atoms with Gasteiger partial charge in [-0.25, -0.2) is 4.39 Å². The predicted octanol–water partition coefficient (Wildman–Crippen LogP) is 8.04. The van der Waals surface area contributed by atoms with Crippen LogP contribution < -0.4 is 0 Å². The number of aryl methyl sites for hydroxylation is 1. The van der Waals surface area contributed by atoms with E-state index >= 15 is 0 Å². The Labute approximate surface area is 178 Å². The van der Waals surface area contributed by atoms with Crippen molar-refractivity contribution < 1.29 is 4.39 Å². The molecule has 0 aliphatic heterocycles. The molecule has 150 valence electrons. The molecule has 0 nitrogen and oxygen atoms in total. The van der Waals surface area contributed by atoms with Gasteiger partial charge in [-0.3, -0.25) is 0 Å². The van der Waals surface area contributed by atoms with Crippen LogP contribution in [0.15, 0.2) is 72.8 Å². The van der Waals surface area contributed by atoms with Crippen molar-refractivity contribution in [1.29, 1.82) is 0 Å². The highest BCUT2D eigenvalue weighted by Crippen LogP contribution is 2.27. The van der Waals surface area contributed by atoms with Crippen molar-refractivity contribution in [3.8, 4) is 11.8 Å². The molecule has 0 aliphatic carbocycles. The van der Waals surface area contributed by atoms with Crippen LogP contribution in [0.2, 0.25) is 0 Å². The van der Waals surface area contributed by atoms with Gasteiger partial charge in [0, 0.05) is 11.1 Å². The summed E-state index contributed by atoms with van der Waals surface area (Å²) in [6.45, 7) is 2.26. The van der Waals surface area contributed by atoms with Gasteiger partial charge in [-0.15, -0.1) is 0 Å². The maximum Gasteiger partial charge on any atom is 0.123 e. The van der Waals surface area contributed by atoms with Gasteiger partial charge in [-0.05, 0) is 76.3 Å². The first-order valence-electron chi connectivity index (χ1n) is 11.0. The summed E-state index contributed by atoms with van der Waals surface area (Å²) in [4.78, 5) is 0. The second-order valence-electron chi connectivity index (χ2n) is 7.98. The summed E-state index contributed by atoms with van der Waals surface area (Å²) in [7, 11) is 0. The lowest BCUT2D eigenvalue weighted by atomic mass is 9.97. The molecule has 0 unspecified atom stereocenters. The molecule has 0 aromatic heterocycles. The van der Waals surface area contributed by atoms with Crippen LogP contribution in [0.25, 0.3) is 21.5 Å². The third kappa shape index (κ3) is 4.89. The van der Waals surface area contributed by atoms with Crippen molar-refractivity contribution in [3.63, 3.8) is 0 Å². The zero-order chi connectivity index (χ0) is 20.8. The average Bonchev–Trinajstić information content (AvgIpc) is 2.78. The molecule has 1 heteroatoms. The van der Waals surface area contributed by atoms with Crippen LogP contribution in [-0.2, 0) is 6.42 Å². The Morgan fingerprint density at radius 3 is 2.03 bits per heavy atom. The van der Waals surface area contributed by atoms with Crippen LogP contribution in [0.1, 0.15) is 55.7 Å². The van der Waals surface area contributed by atoms with E-state index in [1.807, 2.05) is 0 Å². The molecule has 4 aromatic rings. The minimum Gasteiger partial charge on any atom is -0.207 e. The molecular formula is C29H27F. The van der Waals surface area contributed by atoms with Gasteiger partial charge in [0.2, 0.25) is 0 Å². The van der Waals surface area contributed by atoms with E-state index in [4.69, 9.17) is 0 Å². The van der Waals surface area contributed by atoms with E-state index in [0.717, 1.165) is 17.5 Å². The maximum atomic E-state index is 13.0. The normalized spacial score (nSPS) is 10.9. The number of rotatable bonds is 6. The molecule has 0 N–H and O–H groups in total. The first kappa shape index (κ1) is 20.2. The third-order valence-electron chi connectivity index (χ3n) is 5.66. The quantitative estimate of drug-likeness (QED) is 0.176. The summed E-state index contributed by atoms with van der Waals surface area (Å²) in [6, 6.07) is 24.0. The SMILES string of the molecule is CCCCCCCc1ccc2c(ccc3cc(C#Cc4ccc(F)cc4)ccc32)c1. The Morgan fingerprint density at radius 2 is 1.27 bits per heavy atom. The highest BCUT2D eigenvalue weighted by molar-refractivity contribution is 6.07. The molecule has 4 aromatic carbocycles. The first-order chi connectivity index (χ1) is 14.7. The van der Waals surface area contributed by atoms with E-state index in [2.05, 4.69) is 67.3 Å². The number of hydrogen-bond acceptors (Lipinski definition) is 0. The van der Waals surface area contributed by atoms with Gasteiger partial charge in [-0.2, -0.15) is 0 Å². The van der Waals surface area contributed by atoms with Gasteiger partial charge in [-0.1, -0.05) is 80.8 Å². The zero-order valence-electron chi connectivity index (χ0n) is 17.5. The Morgan fingerprint density at radius 1 is 0.633 bits per heavy atom. The molecule has 0 fully saturated rings. The van der Waals surface area contributed by atoms with Gasteiger partial charge < -0.3 is 0 Å². The lowest BCUT2D eigenvalue weighted by Crippen LogP contribution is -1.87. The van der Waals surface area contributed by atoms with E-state index in [0.29, 0.717) is 0 Å². The van der Waals surface area contributed by atoms with Crippen LogP contribution in [0.5, 0.6) is 0 Å². The van der Waals surface area contributed by atoms with E-state index in [1.54, 1.807) is 12.1 Å². The zero-order valence-corrected chi connectivity index (χ0v) is 17.5. The highest BCUT2D eigenvalue weighted by atomic mass is 19.1. The van der Waals surface area contributed by atoms with Gasteiger partial charge in [0.05, 0.1) is 0 Å². The number of benzene rings is 4. The lowest BCUT2D eigenvalue weighted by molar-refractivity contribution is 0.627. The van der Waals surface area contributed by atoms with E-state index in [9.17, 15) is 4.39 Å². The molecule has 0 aliphatic rings. The molecule has 0 saturated heterocycles. The largest absolute Gasteiger partial charge is 0.207 e. The fraction of sp³-hybridized carbons (Fsp3) is 0.241. The van der Waals surface area contributed by atoms with Crippen LogP contribution >= 0.6 is 0 Å². The summed E-state index contributed by atoms with van der Waals surface area (Å²) < 4.78 is 13.0. The number of hydrogen-bond donors (Lipinski definition) is 0. The Bertz CT molecular complexity index is 1210. The molecule has 0 heterocycles. The fourth-order valence-electron chi connectivity index (χ4n) is 3.96. The minimum atomic E-state index is -0.238. The van der Waals surface area contributed by atoms with E-state index in [1.165, 1.54) is 71.3 Å². The molecule has 4 rings (SSSR count). The lowest BCUT2D eigenvalue weighted by Gasteiger charge is -2.08.